The summed E-state index contributed by atoms with van der Waals surface area (Å²) in [4.78, 5) is 12.7. The molecular weight excluding hydrogens is 419 g/mol. The summed E-state index contributed by atoms with van der Waals surface area (Å²) < 4.78 is 27.4. The molecule has 1 heterocycles. The van der Waals surface area contributed by atoms with Crippen LogP contribution in [0.5, 0.6) is 0 Å². The van der Waals surface area contributed by atoms with E-state index in [9.17, 15) is 13.2 Å². The van der Waals surface area contributed by atoms with E-state index in [0.717, 1.165) is 16.8 Å². The first-order valence-electron chi connectivity index (χ1n) is 9.02. The van der Waals surface area contributed by atoms with Crippen molar-refractivity contribution in [3.05, 3.63) is 57.6 Å². The molecule has 0 radical (unpaired) electrons. The number of piperidine rings is 1. The van der Waals surface area contributed by atoms with Gasteiger partial charge in [0, 0.05) is 23.8 Å². The molecule has 2 aromatic carbocycles. The van der Waals surface area contributed by atoms with Crippen LogP contribution in [-0.2, 0) is 14.8 Å². The molecule has 1 fully saturated rings. The number of halogens is 2. The highest BCUT2D eigenvalue weighted by molar-refractivity contribution is 7.89. The van der Waals surface area contributed by atoms with Crippen LogP contribution in [-0.4, -0.2) is 31.7 Å². The second-order valence-corrected chi connectivity index (χ2v) is 9.83. The summed E-state index contributed by atoms with van der Waals surface area (Å²) in [6.07, 6.45) is 1.23. The van der Waals surface area contributed by atoms with Crippen molar-refractivity contribution in [2.75, 3.05) is 18.4 Å². The van der Waals surface area contributed by atoms with Crippen LogP contribution in [0.15, 0.2) is 41.3 Å². The molecule has 0 spiro atoms. The standard InChI is InChI=1S/C20H22Cl2N2O3S/c1-13-5-8-18(14(2)10-13)23-20(25)15-4-3-9-24(12-15)28(26,27)19-11-16(21)6-7-17(19)22/h5-8,10-11,15H,3-4,9,12H2,1-2H3,(H,23,25)/t15-/m0/s1. The molecule has 3 rings (SSSR count). The molecule has 1 N–H and O–H groups in total. The SMILES string of the molecule is Cc1ccc(NC(=O)[C@H]2CCCN(S(=O)(=O)c3cc(Cl)ccc3Cl)C2)c(C)c1. The number of rotatable bonds is 4. The lowest BCUT2D eigenvalue weighted by molar-refractivity contribution is -0.120. The maximum absolute atomic E-state index is 13.0. The molecule has 1 amide bonds. The fraction of sp³-hybridized carbons (Fsp3) is 0.350. The van der Waals surface area contributed by atoms with Crippen LogP contribution >= 0.6 is 23.2 Å². The smallest absolute Gasteiger partial charge is 0.244 e. The molecule has 1 atom stereocenters. The Morgan fingerprint density at radius 1 is 1.14 bits per heavy atom. The molecule has 8 heteroatoms. The lowest BCUT2D eigenvalue weighted by atomic mass is 9.98. The van der Waals surface area contributed by atoms with Gasteiger partial charge in [0.1, 0.15) is 4.90 Å². The van der Waals surface area contributed by atoms with Crippen molar-refractivity contribution in [2.24, 2.45) is 5.92 Å². The van der Waals surface area contributed by atoms with Crippen LogP contribution in [0.25, 0.3) is 0 Å². The first-order chi connectivity index (χ1) is 13.2. The molecule has 1 aliphatic heterocycles. The number of hydrogen-bond donors (Lipinski definition) is 1. The fourth-order valence-corrected chi connectivity index (χ4v) is 5.64. The zero-order valence-corrected chi connectivity index (χ0v) is 18.0. The summed E-state index contributed by atoms with van der Waals surface area (Å²) >= 11 is 12.0. The first kappa shape index (κ1) is 21.1. The van der Waals surface area contributed by atoms with E-state index < -0.39 is 15.9 Å². The maximum Gasteiger partial charge on any atom is 0.244 e. The van der Waals surface area contributed by atoms with Crippen molar-refractivity contribution >= 4 is 44.8 Å². The number of nitrogens with zero attached hydrogens (tertiary/aromatic N) is 1. The van der Waals surface area contributed by atoms with E-state index in [1.807, 2.05) is 32.0 Å². The molecule has 1 aliphatic rings. The second kappa shape index (κ2) is 8.41. The first-order valence-corrected chi connectivity index (χ1v) is 11.2. The van der Waals surface area contributed by atoms with Crippen molar-refractivity contribution in [2.45, 2.75) is 31.6 Å². The quantitative estimate of drug-likeness (QED) is 0.751. The monoisotopic (exact) mass is 440 g/mol. The van der Waals surface area contributed by atoms with E-state index in [1.54, 1.807) is 6.07 Å². The van der Waals surface area contributed by atoms with Gasteiger partial charge in [0.05, 0.1) is 10.9 Å². The third kappa shape index (κ3) is 4.51. The van der Waals surface area contributed by atoms with Gasteiger partial charge in [0.2, 0.25) is 15.9 Å². The van der Waals surface area contributed by atoms with Crippen molar-refractivity contribution in [3.63, 3.8) is 0 Å². The number of hydrogen-bond acceptors (Lipinski definition) is 3. The molecule has 28 heavy (non-hydrogen) atoms. The third-order valence-electron chi connectivity index (χ3n) is 4.91. The van der Waals surface area contributed by atoms with Gasteiger partial charge in [-0.2, -0.15) is 4.31 Å². The normalized spacial score (nSPS) is 18.1. The average molecular weight is 441 g/mol. The molecular formula is C20H22Cl2N2O3S. The number of benzene rings is 2. The number of sulfonamides is 1. The summed E-state index contributed by atoms with van der Waals surface area (Å²) in [6.45, 7) is 4.38. The van der Waals surface area contributed by atoms with Gasteiger partial charge in [-0.25, -0.2) is 8.42 Å². The number of carbonyl (C=O) groups excluding carboxylic acids is 1. The minimum atomic E-state index is -3.83. The summed E-state index contributed by atoms with van der Waals surface area (Å²) in [5.41, 5.74) is 2.83. The van der Waals surface area contributed by atoms with E-state index in [4.69, 9.17) is 23.2 Å². The molecule has 0 saturated carbocycles. The average Bonchev–Trinajstić information content (AvgIpc) is 2.66. The summed E-state index contributed by atoms with van der Waals surface area (Å²) in [5.74, 6) is -0.605. The third-order valence-corrected chi connectivity index (χ3v) is 7.49. The largest absolute Gasteiger partial charge is 0.326 e. The molecule has 0 aromatic heterocycles. The number of anilines is 1. The van der Waals surface area contributed by atoms with E-state index in [-0.39, 0.29) is 22.4 Å². The van der Waals surface area contributed by atoms with Crippen LogP contribution in [0.3, 0.4) is 0 Å². The van der Waals surface area contributed by atoms with Gasteiger partial charge >= 0.3 is 0 Å². The van der Waals surface area contributed by atoms with Gasteiger partial charge in [0.25, 0.3) is 0 Å². The van der Waals surface area contributed by atoms with Gasteiger partial charge in [-0.1, -0.05) is 40.9 Å². The van der Waals surface area contributed by atoms with Crippen molar-refractivity contribution in [1.82, 2.24) is 4.31 Å². The van der Waals surface area contributed by atoms with Gasteiger partial charge in [-0.15, -0.1) is 0 Å². The number of aryl methyl sites for hydroxylation is 2. The zero-order chi connectivity index (χ0) is 20.5. The molecule has 0 unspecified atom stereocenters. The van der Waals surface area contributed by atoms with Gasteiger partial charge in [-0.05, 0) is 56.5 Å². The molecule has 5 nitrogen and oxygen atoms in total. The molecule has 1 saturated heterocycles. The van der Waals surface area contributed by atoms with Crippen LogP contribution in [0.2, 0.25) is 10.0 Å². The van der Waals surface area contributed by atoms with Crippen LogP contribution in [0, 0.1) is 19.8 Å². The van der Waals surface area contributed by atoms with Crippen LogP contribution < -0.4 is 5.32 Å². The predicted molar refractivity (Wildman–Crippen MR) is 112 cm³/mol. The second-order valence-electron chi connectivity index (χ2n) is 7.08. The zero-order valence-electron chi connectivity index (χ0n) is 15.7. The van der Waals surface area contributed by atoms with Crippen LogP contribution in [0.1, 0.15) is 24.0 Å². The Kier molecular flexibility index (Phi) is 6.34. The number of nitrogens with one attached hydrogen (secondary N) is 1. The molecule has 0 aliphatic carbocycles. The lowest BCUT2D eigenvalue weighted by Crippen LogP contribution is -2.43. The highest BCUT2D eigenvalue weighted by atomic mass is 35.5. The summed E-state index contributed by atoms with van der Waals surface area (Å²) in [5, 5.41) is 3.34. The molecule has 0 bridgehead atoms. The van der Waals surface area contributed by atoms with E-state index in [1.165, 1.54) is 16.4 Å². The van der Waals surface area contributed by atoms with Crippen LogP contribution in [0.4, 0.5) is 5.69 Å². The number of amides is 1. The van der Waals surface area contributed by atoms with Gasteiger partial charge < -0.3 is 5.32 Å². The van der Waals surface area contributed by atoms with E-state index >= 15 is 0 Å². The molecule has 150 valence electrons. The Morgan fingerprint density at radius 3 is 2.61 bits per heavy atom. The number of carbonyl (C=O) groups is 1. The Hall–Kier alpha value is -1.60. The molecule has 2 aromatic rings. The Balaban J connectivity index is 1.78. The minimum absolute atomic E-state index is 0.0305. The fourth-order valence-electron chi connectivity index (χ4n) is 3.38. The van der Waals surface area contributed by atoms with Crippen molar-refractivity contribution < 1.29 is 13.2 Å². The highest BCUT2D eigenvalue weighted by Crippen LogP contribution is 2.31. The van der Waals surface area contributed by atoms with Crippen molar-refractivity contribution in [3.8, 4) is 0 Å². The maximum atomic E-state index is 13.0. The Labute approximate surface area is 175 Å². The van der Waals surface area contributed by atoms with Crippen molar-refractivity contribution in [1.29, 1.82) is 0 Å². The van der Waals surface area contributed by atoms with Gasteiger partial charge in [0.15, 0.2) is 0 Å². The highest BCUT2D eigenvalue weighted by Gasteiger charge is 2.34. The topological polar surface area (TPSA) is 66.5 Å². The van der Waals surface area contributed by atoms with Gasteiger partial charge in [-0.3, -0.25) is 4.79 Å². The Bertz CT molecular complexity index is 1010. The lowest BCUT2D eigenvalue weighted by Gasteiger charge is -2.31. The Morgan fingerprint density at radius 2 is 1.89 bits per heavy atom. The summed E-state index contributed by atoms with van der Waals surface area (Å²) in [6, 6.07) is 10.1. The predicted octanol–water partition coefficient (Wildman–Crippen LogP) is 4.65. The summed E-state index contributed by atoms with van der Waals surface area (Å²) in [7, 11) is -3.83. The van der Waals surface area contributed by atoms with E-state index in [2.05, 4.69) is 5.32 Å². The van der Waals surface area contributed by atoms with E-state index in [0.29, 0.717) is 24.4 Å². The minimum Gasteiger partial charge on any atom is -0.326 e.